The fourth-order valence-corrected chi connectivity index (χ4v) is 3.84. The van der Waals surface area contributed by atoms with Gasteiger partial charge in [0.2, 0.25) is 0 Å². The molecule has 1 aliphatic rings. The summed E-state index contributed by atoms with van der Waals surface area (Å²) in [5.41, 5.74) is 4.14. The van der Waals surface area contributed by atoms with Gasteiger partial charge >= 0.3 is 0 Å². The van der Waals surface area contributed by atoms with Crippen molar-refractivity contribution in [2.75, 3.05) is 0 Å². The Morgan fingerprint density at radius 1 is 1.14 bits per heavy atom. The zero-order valence-electron chi connectivity index (χ0n) is 14.3. The number of thioether (sulfide) groups is 1. The molecule has 2 heterocycles. The number of nitrogens with zero attached hydrogens (tertiary/aromatic N) is 2. The summed E-state index contributed by atoms with van der Waals surface area (Å²) in [6, 6.07) is 17.3. The number of hydrogen-bond donors (Lipinski definition) is 2. The van der Waals surface area contributed by atoms with E-state index < -0.39 is 11.8 Å². The van der Waals surface area contributed by atoms with Gasteiger partial charge in [-0.05, 0) is 48.6 Å². The molecule has 1 saturated heterocycles. The molecule has 3 aromatic rings. The van der Waals surface area contributed by atoms with Crippen LogP contribution in [-0.4, -0.2) is 31.2 Å². The Balaban J connectivity index is 1.56. The highest BCUT2D eigenvalue weighted by molar-refractivity contribution is 8.26. The Labute approximate surface area is 169 Å². The molecular weight excluding hydrogens is 394 g/mol. The number of amides is 2. The topological polar surface area (TPSA) is 82.5 Å². The highest BCUT2D eigenvalue weighted by Gasteiger charge is 2.34. The predicted octanol–water partition coefficient (Wildman–Crippen LogP) is 3.49. The van der Waals surface area contributed by atoms with Crippen molar-refractivity contribution in [3.8, 4) is 5.75 Å². The maximum absolute atomic E-state index is 12.7. The number of fused-ring (bicyclic) bond motifs is 1. The van der Waals surface area contributed by atoms with Gasteiger partial charge in [-0.25, -0.2) is 4.98 Å². The van der Waals surface area contributed by atoms with Gasteiger partial charge in [0.15, 0.2) is 4.32 Å². The van der Waals surface area contributed by atoms with Crippen molar-refractivity contribution in [2.45, 2.75) is 0 Å². The lowest BCUT2D eigenvalue weighted by Crippen LogP contribution is -2.44. The van der Waals surface area contributed by atoms with Gasteiger partial charge in [-0.3, -0.25) is 15.0 Å². The summed E-state index contributed by atoms with van der Waals surface area (Å²) in [4.78, 5) is 29.9. The monoisotopic (exact) mass is 407 g/mol. The first-order chi connectivity index (χ1) is 13.5. The van der Waals surface area contributed by atoms with Crippen LogP contribution < -0.4 is 5.43 Å². The van der Waals surface area contributed by atoms with E-state index in [0.717, 1.165) is 27.7 Å². The third-order valence-electron chi connectivity index (χ3n) is 4.01. The van der Waals surface area contributed by atoms with Gasteiger partial charge in [-0.1, -0.05) is 42.1 Å². The molecule has 0 radical (unpaired) electrons. The maximum atomic E-state index is 12.7. The summed E-state index contributed by atoms with van der Waals surface area (Å²) in [6.07, 6.45) is 1.65. The number of aromatic hydroxyl groups is 1. The normalized spacial score (nSPS) is 15.4. The van der Waals surface area contributed by atoms with E-state index in [-0.39, 0.29) is 15.6 Å². The molecule has 8 heteroatoms. The minimum atomic E-state index is -0.544. The summed E-state index contributed by atoms with van der Waals surface area (Å²) >= 11 is 6.31. The lowest BCUT2D eigenvalue weighted by atomic mass is 10.2. The van der Waals surface area contributed by atoms with E-state index >= 15 is 0 Å². The van der Waals surface area contributed by atoms with Crippen LogP contribution in [0.2, 0.25) is 0 Å². The smallest absolute Gasteiger partial charge is 0.285 e. The Morgan fingerprint density at radius 3 is 2.79 bits per heavy atom. The molecule has 0 spiro atoms. The molecule has 1 fully saturated rings. The first kappa shape index (κ1) is 18.1. The molecule has 0 aliphatic carbocycles. The highest BCUT2D eigenvalue weighted by atomic mass is 32.2. The molecule has 138 valence electrons. The number of nitrogens with one attached hydrogen (secondary N) is 1. The Morgan fingerprint density at radius 2 is 1.96 bits per heavy atom. The van der Waals surface area contributed by atoms with Crippen LogP contribution in [0.4, 0.5) is 0 Å². The predicted molar refractivity (Wildman–Crippen MR) is 112 cm³/mol. The SMILES string of the molecule is O=C(NN1C(=O)C(=Cc2ccc3ccccc3n2)SC1=S)c1cccc(O)c1. The van der Waals surface area contributed by atoms with E-state index in [4.69, 9.17) is 12.2 Å². The molecular formula is C20H13N3O3S2. The van der Waals surface area contributed by atoms with Crippen molar-refractivity contribution in [1.82, 2.24) is 15.4 Å². The highest BCUT2D eigenvalue weighted by Crippen LogP contribution is 2.31. The van der Waals surface area contributed by atoms with E-state index in [1.165, 1.54) is 18.2 Å². The Kier molecular flexibility index (Phi) is 4.81. The summed E-state index contributed by atoms with van der Waals surface area (Å²) in [7, 11) is 0. The number of hydrogen-bond acceptors (Lipinski definition) is 6. The van der Waals surface area contributed by atoms with E-state index in [1.807, 2.05) is 36.4 Å². The van der Waals surface area contributed by atoms with Gasteiger partial charge in [-0.2, -0.15) is 5.01 Å². The van der Waals surface area contributed by atoms with Crippen molar-refractivity contribution in [3.05, 3.63) is 76.8 Å². The standard InChI is InChI=1S/C20H13N3O3S2/c24-15-6-3-5-13(10-15)18(25)22-23-19(26)17(28-20(23)27)11-14-9-8-12-4-1-2-7-16(12)21-14/h1-11,24H,(H,22,25). The minimum Gasteiger partial charge on any atom is -0.508 e. The molecule has 4 rings (SSSR count). The van der Waals surface area contributed by atoms with Gasteiger partial charge in [0, 0.05) is 10.9 Å². The molecule has 2 amide bonds. The van der Waals surface area contributed by atoms with Gasteiger partial charge < -0.3 is 5.11 Å². The van der Waals surface area contributed by atoms with Gasteiger partial charge in [0.25, 0.3) is 11.8 Å². The number of thiocarbonyl (C=S) groups is 1. The summed E-state index contributed by atoms with van der Waals surface area (Å²) in [5, 5.41) is 11.5. The second-order valence-corrected chi connectivity index (χ2v) is 7.61. The number of pyridine rings is 1. The number of carbonyl (C=O) groups excluding carboxylic acids is 2. The van der Waals surface area contributed by atoms with Gasteiger partial charge in [0.05, 0.1) is 16.1 Å². The quantitative estimate of drug-likeness (QED) is 0.511. The Hall–Kier alpha value is -3.23. The first-order valence-electron chi connectivity index (χ1n) is 8.25. The largest absolute Gasteiger partial charge is 0.508 e. The maximum Gasteiger partial charge on any atom is 0.285 e. The zero-order chi connectivity index (χ0) is 19.7. The van der Waals surface area contributed by atoms with Crippen molar-refractivity contribution in [3.63, 3.8) is 0 Å². The van der Waals surface area contributed by atoms with E-state index in [2.05, 4.69) is 10.4 Å². The molecule has 1 aliphatic heterocycles. The fraction of sp³-hybridized carbons (Fsp3) is 0. The van der Waals surface area contributed by atoms with Crippen molar-refractivity contribution in [2.24, 2.45) is 0 Å². The molecule has 0 unspecified atom stereocenters. The fourth-order valence-electron chi connectivity index (χ4n) is 2.67. The molecule has 0 bridgehead atoms. The lowest BCUT2D eigenvalue weighted by molar-refractivity contribution is -0.123. The van der Waals surface area contributed by atoms with Crippen LogP contribution in [0, 0.1) is 0 Å². The van der Waals surface area contributed by atoms with E-state index in [1.54, 1.807) is 12.1 Å². The molecule has 1 aromatic heterocycles. The number of rotatable bonds is 3. The molecule has 2 N–H and O–H groups in total. The number of phenols is 1. The first-order valence-corrected chi connectivity index (χ1v) is 9.47. The van der Waals surface area contributed by atoms with Gasteiger partial charge in [0.1, 0.15) is 5.75 Å². The average molecular weight is 407 g/mol. The van der Waals surface area contributed by atoms with Crippen LogP contribution in [0.5, 0.6) is 5.75 Å². The van der Waals surface area contributed by atoms with Crippen LogP contribution in [0.3, 0.4) is 0 Å². The molecule has 0 saturated carbocycles. The number of phenolic OH excluding ortho intramolecular Hbond substituents is 1. The van der Waals surface area contributed by atoms with Crippen molar-refractivity contribution >= 4 is 57.1 Å². The summed E-state index contributed by atoms with van der Waals surface area (Å²) in [6.45, 7) is 0. The number of para-hydroxylation sites is 1. The minimum absolute atomic E-state index is 0.0414. The van der Waals surface area contributed by atoms with E-state index in [9.17, 15) is 14.7 Å². The zero-order valence-corrected chi connectivity index (χ0v) is 16.0. The molecule has 6 nitrogen and oxygen atoms in total. The lowest BCUT2D eigenvalue weighted by Gasteiger charge is -2.15. The Bertz CT molecular complexity index is 1160. The van der Waals surface area contributed by atoms with Crippen LogP contribution in [-0.2, 0) is 4.79 Å². The van der Waals surface area contributed by atoms with Crippen LogP contribution >= 0.6 is 24.0 Å². The number of aromatic nitrogens is 1. The number of benzene rings is 2. The molecule has 2 aromatic carbocycles. The second kappa shape index (κ2) is 7.41. The number of carbonyl (C=O) groups is 2. The second-order valence-electron chi connectivity index (χ2n) is 5.94. The van der Waals surface area contributed by atoms with E-state index in [0.29, 0.717) is 10.6 Å². The van der Waals surface area contributed by atoms with Crippen molar-refractivity contribution < 1.29 is 14.7 Å². The van der Waals surface area contributed by atoms with Crippen LogP contribution in [0.1, 0.15) is 16.1 Å². The van der Waals surface area contributed by atoms with Gasteiger partial charge in [-0.15, -0.1) is 0 Å². The molecule has 0 atom stereocenters. The summed E-state index contributed by atoms with van der Waals surface area (Å²) in [5.74, 6) is -1.02. The average Bonchev–Trinajstić information content (AvgIpc) is 2.95. The molecule has 28 heavy (non-hydrogen) atoms. The van der Waals surface area contributed by atoms with Crippen molar-refractivity contribution in [1.29, 1.82) is 0 Å². The number of hydrazine groups is 1. The third kappa shape index (κ3) is 3.60. The summed E-state index contributed by atoms with van der Waals surface area (Å²) < 4.78 is 0.213. The van der Waals surface area contributed by atoms with Crippen LogP contribution in [0.25, 0.3) is 17.0 Å². The third-order valence-corrected chi connectivity index (χ3v) is 5.32. The van der Waals surface area contributed by atoms with Crippen LogP contribution in [0.15, 0.2) is 65.6 Å².